The van der Waals surface area contributed by atoms with Crippen LogP contribution in [-0.2, 0) is 28.9 Å². The van der Waals surface area contributed by atoms with Crippen molar-refractivity contribution >= 4 is 29.3 Å². The first-order valence-corrected chi connectivity index (χ1v) is 17.4. The van der Waals surface area contributed by atoms with Gasteiger partial charge < -0.3 is 24.6 Å². The van der Waals surface area contributed by atoms with Crippen molar-refractivity contribution in [2.24, 2.45) is 23.2 Å². The molecular formula is C32H48ClN3O4S. The number of piperidine rings is 2. The average molecular weight is 606 g/mol. The summed E-state index contributed by atoms with van der Waals surface area (Å²) in [5.74, 6) is 0.342. The summed E-state index contributed by atoms with van der Waals surface area (Å²) in [7, 11) is 2.20. The number of hydrogen-bond donors (Lipinski definition) is 2. The van der Waals surface area contributed by atoms with Crippen molar-refractivity contribution in [3.8, 4) is 0 Å². The molecule has 6 rings (SSSR count). The molecule has 9 heteroatoms. The van der Waals surface area contributed by atoms with Crippen LogP contribution in [0.25, 0.3) is 0 Å². The van der Waals surface area contributed by atoms with Crippen LogP contribution in [0.1, 0.15) is 68.7 Å². The van der Waals surface area contributed by atoms with Crippen LogP contribution in [0, 0.1) is 30.1 Å². The fraction of sp³-hybridized carbons (Fsp3) is 0.812. The van der Waals surface area contributed by atoms with Gasteiger partial charge in [-0.25, -0.2) is 0 Å². The minimum absolute atomic E-state index is 0.00665. The number of alkyl halides is 1. The van der Waals surface area contributed by atoms with Crippen molar-refractivity contribution in [3.63, 3.8) is 0 Å². The maximum atomic E-state index is 13.8. The molecule has 3 saturated heterocycles. The first-order valence-electron chi connectivity index (χ1n) is 15.9. The van der Waals surface area contributed by atoms with E-state index in [1.807, 2.05) is 16.3 Å². The smallest absolute Gasteiger partial charge is 0.308 e. The Balaban J connectivity index is 1.15. The molecular weight excluding hydrogens is 558 g/mol. The number of likely N-dealkylation sites (tertiary alicyclic amines) is 1. The number of pyridine rings is 1. The summed E-state index contributed by atoms with van der Waals surface area (Å²) in [6.45, 7) is 7.59. The highest BCUT2D eigenvalue weighted by atomic mass is 35.5. The predicted octanol–water partition coefficient (Wildman–Crippen LogP) is 4.33. The lowest BCUT2D eigenvalue weighted by Gasteiger charge is -2.47. The number of nitrogens with one attached hydrogen (secondary N) is 1. The number of nitrogens with zero attached hydrogens (tertiary/aromatic N) is 2. The van der Waals surface area contributed by atoms with Crippen molar-refractivity contribution in [3.05, 3.63) is 33.2 Å². The van der Waals surface area contributed by atoms with Gasteiger partial charge in [0, 0.05) is 46.3 Å². The van der Waals surface area contributed by atoms with Gasteiger partial charge in [-0.3, -0.25) is 9.59 Å². The third-order valence-electron chi connectivity index (χ3n) is 11.3. The number of carboxylic acid groups (broad SMARTS) is 1. The zero-order chi connectivity index (χ0) is 28.9. The number of aliphatic carboxylic acids is 1. The monoisotopic (exact) mass is 605 g/mol. The molecule has 0 amide bonds. The molecule has 228 valence electrons. The highest BCUT2D eigenvalue weighted by Crippen LogP contribution is 2.48. The van der Waals surface area contributed by atoms with Crippen LogP contribution in [0.15, 0.2) is 10.9 Å². The van der Waals surface area contributed by atoms with Gasteiger partial charge in [0.1, 0.15) is 0 Å². The lowest BCUT2D eigenvalue weighted by Crippen LogP contribution is -2.57. The standard InChI is InChI=1S/C32H48ClN3O4S/c1-19-14-24(29-28(34-19)26(18-41-29)31(38)39)23-16-22(33)4-5-27(23)40-13-12-36-20(2)15-21-6-7-32(17-25(21)30(36)37)8-10-35(3)11-9-32/h15,19,22-24,26-29,34H,4-14,16-18H2,1-3H3,(H,38,39). The van der Waals surface area contributed by atoms with E-state index in [4.69, 9.17) is 16.3 Å². The minimum Gasteiger partial charge on any atom is -0.481 e. The molecule has 2 N–H and O–H groups in total. The first kappa shape index (κ1) is 30.0. The lowest BCUT2D eigenvalue weighted by molar-refractivity contribution is -0.142. The number of halogens is 1. The van der Waals surface area contributed by atoms with E-state index < -0.39 is 5.97 Å². The van der Waals surface area contributed by atoms with E-state index in [1.54, 1.807) is 0 Å². The molecule has 1 saturated carbocycles. The number of aryl methyl sites for hydroxylation is 2. The maximum Gasteiger partial charge on any atom is 0.308 e. The number of thioether (sulfide) groups is 1. The van der Waals surface area contributed by atoms with E-state index in [2.05, 4.69) is 37.2 Å². The van der Waals surface area contributed by atoms with Crippen molar-refractivity contribution in [2.45, 2.75) is 107 Å². The van der Waals surface area contributed by atoms with Gasteiger partial charge in [-0.15, -0.1) is 11.6 Å². The van der Waals surface area contributed by atoms with Gasteiger partial charge in [0.15, 0.2) is 0 Å². The molecule has 8 unspecified atom stereocenters. The highest BCUT2D eigenvalue weighted by molar-refractivity contribution is 8.00. The Bertz CT molecular complexity index is 1180. The first-order chi connectivity index (χ1) is 19.6. The Kier molecular flexibility index (Phi) is 8.88. The van der Waals surface area contributed by atoms with Crippen molar-refractivity contribution in [1.29, 1.82) is 0 Å². The van der Waals surface area contributed by atoms with E-state index in [0.29, 0.717) is 30.7 Å². The molecule has 1 spiro atoms. The largest absolute Gasteiger partial charge is 0.481 e. The summed E-state index contributed by atoms with van der Waals surface area (Å²) in [5.41, 5.74) is 3.83. The second-order valence-electron chi connectivity index (χ2n) is 13.9. The van der Waals surface area contributed by atoms with Gasteiger partial charge in [-0.1, -0.05) is 0 Å². The number of rotatable bonds is 6. The van der Waals surface area contributed by atoms with Crippen LogP contribution < -0.4 is 10.9 Å². The van der Waals surface area contributed by atoms with Crippen molar-refractivity contribution in [1.82, 2.24) is 14.8 Å². The van der Waals surface area contributed by atoms with E-state index >= 15 is 0 Å². The molecule has 1 aromatic rings. The molecule has 41 heavy (non-hydrogen) atoms. The summed E-state index contributed by atoms with van der Waals surface area (Å²) >= 11 is 8.57. The predicted molar refractivity (Wildman–Crippen MR) is 165 cm³/mol. The van der Waals surface area contributed by atoms with Gasteiger partial charge in [0.05, 0.1) is 18.6 Å². The Morgan fingerprint density at radius 2 is 2.00 bits per heavy atom. The zero-order valence-corrected chi connectivity index (χ0v) is 26.5. The number of fused-ring (bicyclic) bond motifs is 2. The second-order valence-corrected chi connectivity index (χ2v) is 15.8. The number of carboxylic acids is 1. The van der Waals surface area contributed by atoms with Crippen LogP contribution in [-0.4, -0.2) is 81.9 Å². The Morgan fingerprint density at radius 1 is 1.22 bits per heavy atom. The minimum atomic E-state index is -0.690. The Morgan fingerprint density at radius 3 is 2.76 bits per heavy atom. The second kappa shape index (κ2) is 12.1. The molecule has 3 aliphatic heterocycles. The summed E-state index contributed by atoms with van der Waals surface area (Å²) < 4.78 is 8.63. The van der Waals surface area contributed by atoms with Crippen LogP contribution in [0.4, 0.5) is 0 Å². The fourth-order valence-electron chi connectivity index (χ4n) is 8.86. The molecule has 1 aromatic heterocycles. The van der Waals surface area contributed by atoms with E-state index in [9.17, 15) is 14.7 Å². The number of aromatic nitrogens is 1. The van der Waals surface area contributed by atoms with Gasteiger partial charge in [-0.2, -0.15) is 11.8 Å². The van der Waals surface area contributed by atoms with Crippen LogP contribution in [0.3, 0.4) is 0 Å². The molecule has 7 nitrogen and oxygen atoms in total. The SMILES string of the molecule is Cc1cc2c(c(=O)n1CCOC1CCC(Cl)CC1C1CC(C)NC3C(C(=O)O)CSC13)CC1(CC2)CCN(C)CC1. The van der Waals surface area contributed by atoms with E-state index in [-0.39, 0.29) is 45.7 Å². The highest BCUT2D eigenvalue weighted by Gasteiger charge is 2.51. The normalized spacial score (nSPS) is 37.1. The molecule has 5 aliphatic rings. The topological polar surface area (TPSA) is 83.8 Å². The van der Waals surface area contributed by atoms with Crippen molar-refractivity contribution in [2.75, 3.05) is 32.5 Å². The van der Waals surface area contributed by atoms with E-state index in [0.717, 1.165) is 62.9 Å². The summed E-state index contributed by atoms with van der Waals surface area (Å²) in [6.07, 6.45) is 9.43. The maximum absolute atomic E-state index is 13.8. The van der Waals surface area contributed by atoms with Gasteiger partial charge in [0.2, 0.25) is 0 Å². The molecule has 0 radical (unpaired) electrons. The van der Waals surface area contributed by atoms with Crippen molar-refractivity contribution < 1.29 is 14.6 Å². The molecule has 8 atom stereocenters. The van der Waals surface area contributed by atoms with Crippen LogP contribution in [0.5, 0.6) is 0 Å². The third-order valence-corrected chi connectivity index (χ3v) is 13.3. The molecule has 4 fully saturated rings. The Hall–Kier alpha value is -1.06. The molecule has 0 aromatic carbocycles. The quantitative estimate of drug-likeness (QED) is 0.467. The summed E-state index contributed by atoms with van der Waals surface area (Å²) in [5, 5.41) is 13.9. The average Bonchev–Trinajstić information content (AvgIpc) is 3.37. The summed E-state index contributed by atoms with van der Waals surface area (Å²) in [4.78, 5) is 28.2. The molecule has 2 aliphatic carbocycles. The lowest BCUT2D eigenvalue weighted by atomic mass is 9.66. The number of carbonyl (C=O) groups is 1. The molecule has 0 bridgehead atoms. The summed E-state index contributed by atoms with van der Waals surface area (Å²) in [6, 6.07) is 2.54. The van der Waals surface area contributed by atoms with Crippen LogP contribution >= 0.6 is 23.4 Å². The Labute approximate surface area is 254 Å². The fourth-order valence-corrected chi connectivity index (χ4v) is 11.0. The zero-order valence-electron chi connectivity index (χ0n) is 24.9. The molecule has 4 heterocycles. The number of hydrogen-bond acceptors (Lipinski definition) is 6. The van der Waals surface area contributed by atoms with E-state index in [1.165, 1.54) is 24.8 Å². The van der Waals surface area contributed by atoms with Gasteiger partial charge in [-0.05, 0) is 121 Å². The van der Waals surface area contributed by atoms with Gasteiger partial charge in [0.25, 0.3) is 5.56 Å². The van der Waals surface area contributed by atoms with Gasteiger partial charge >= 0.3 is 5.97 Å². The third kappa shape index (κ3) is 6.02. The number of ether oxygens (including phenoxy) is 1. The van der Waals surface area contributed by atoms with Crippen LogP contribution in [0.2, 0.25) is 0 Å².